The number of ether oxygens (including phenoxy) is 4. The van der Waals surface area contributed by atoms with Crippen LogP contribution in [0.25, 0.3) is 0 Å². The number of anilines is 2. The number of carbonyl (C=O) groups is 2. The monoisotopic (exact) mass is 536 g/mol. The second kappa shape index (κ2) is 11.0. The van der Waals surface area contributed by atoms with Crippen molar-refractivity contribution in [1.82, 2.24) is 0 Å². The number of nitrogens with one attached hydrogen (secondary N) is 1. The molecule has 0 radical (unpaired) electrons. The molecule has 2 aliphatic heterocycles. The summed E-state index contributed by atoms with van der Waals surface area (Å²) in [5.74, 6) is 2.55. The minimum absolute atomic E-state index is 0.0638. The number of piperidine rings is 1. The maximum Gasteiger partial charge on any atom is 0.231 e. The van der Waals surface area contributed by atoms with E-state index in [2.05, 4.69) is 5.32 Å². The van der Waals surface area contributed by atoms with Gasteiger partial charge in [0.05, 0.1) is 19.1 Å². The van der Waals surface area contributed by atoms with E-state index in [0.29, 0.717) is 40.8 Å². The minimum Gasteiger partial charge on any atom is -0.497 e. The van der Waals surface area contributed by atoms with E-state index in [4.69, 9.17) is 18.9 Å². The third kappa shape index (κ3) is 5.16. The van der Waals surface area contributed by atoms with E-state index >= 15 is 0 Å². The van der Waals surface area contributed by atoms with Gasteiger partial charge in [-0.3, -0.25) is 9.59 Å². The molecule has 2 atom stereocenters. The Morgan fingerprint density at radius 1 is 0.850 bits per heavy atom. The standard InChI is InChI=1S/C32H28N2O6/c1-37-24-12-7-21(8-13-24)31-27(16-18-30(35)34(31)23-11-17-28-29(19-23)39-20-38-28)32(36)33-22-9-14-26(15-10-22)40-25-5-3-2-4-6-25/h2-15,17,19,27,31H,16,18,20H2,1H3,(H,33,36)/t27-,31+/m0/s1. The first-order chi connectivity index (χ1) is 19.6. The summed E-state index contributed by atoms with van der Waals surface area (Å²) in [6.07, 6.45) is 0.653. The van der Waals surface area contributed by atoms with Gasteiger partial charge in [0.1, 0.15) is 17.2 Å². The summed E-state index contributed by atoms with van der Waals surface area (Å²) in [6, 6.07) is 29.1. The maximum atomic E-state index is 13.8. The Morgan fingerprint density at radius 3 is 2.30 bits per heavy atom. The molecule has 2 amide bonds. The molecule has 0 spiro atoms. The van der Waals surface area contributed by atoms with E-state index in [1.165, 1.54) is 0 Å². The lowest BCUT2D eigenvalue weighted by atomic mass is 9.83. The van der Waals surface area contributed by atoms with Gasteiger partial charge in [0.15, 0.2) is 11.5 Å². The molecule has 8 nitrogen and oxygen atoms in total. The summed E-state index contributed by atoms with van der Waals surface area (Å²) in [7, 11) is 1.60. The number of fused-ring (bicyclic) bond motifs is 1. The van der Waals surface area contributed by atoms with Crippen LogP contribution in [0.5, 0.6) is 28.7 Å². The highest BCUT2D eigenvalue weighted by molar-refractivity contribution is 6.00. The third-order valence-electron chi connectivity index (χ3n) is 7.13. The van der Waals surface area contributed by atoms with Gasteiger partial charge in [-0.2, -0.15) is 0 Å². The zero-order valence-electron chi connectivity index (χ0n) is 21.9. The van der Waals surface area contributed by atoms with Gasteiger partial charge in [-0.1, -0.05) is 30.3 Å². The molecule has 0 aromatic heterocycles. The second-order valence-electron chi connectivity index (χ2n) is 9.59. The number of methoxy groups -OCH3 is 1. The van der Waals surface area contributed by atoms with Crippen molar-refractivity contribution in [3.63, 3.8) is 0 Å². The third-order valence-corrected chi connectivity index (χ3v) is 7.13. The molecular weight excluding hydrogens is 508 g/mol. The first kappa shape index (κ1) is 25.3. The highest BCUT2D eigenvalue weighted by atomic mass is 16.7. The van der Waals surface area contributed by atoms with E-state index in [1.54, 1.807) is 24.1 Å². The second-order valence-corrected chi connectivity index (χ2v) is 9.59. The molecule has 0 saturated carbocycles. The van der Waals surface area contributed by atoms with Gasteiger partial charge in [0.2, 0.25) is 18.6 Å². The zero-order valence-corrected chi connectivity index (χ0v) is 21.9. The number of nitrogens with zero attached hydrogens (tertiary/aromatic N) is 1. The molecule has 202 valence electrons. The fraction of sp³-hybridized carbons (Fsp3) is 0.188. The van der Waals surface area contributed by atoms with Crippen LogP contribution in [0.2, 0.25) is 0 Å². The molecule has 1 fully saturated rings. The average Bonchev–Trinajstić information content (AvgIpc) is 3.47. The van der Waals surface area contributed by atoms with Gasteiger partial charge in [-0.25, -0.2) is 0 Å². The van der Waals surface area contributed by atoms with Crippen molar-refractivity contribution in [2.24, 2.45) is 5.92 Å². The van der Waals surface area contributed by atoms with Crippen LogP contribution in [-0.4, -0.2) is 25.7 Å². The Bertz CT molecular complexity index is 1510. The molecule has 0 unspecified atom stereocenters. The van der Waals surface area contributed by atoms with Gasteiger partial charge in [0.25, 0.3) is 0 Å². The molecule has 8 heteroatoms. The van der Waals surface area contributed by atoms with E-state index in [0.717, 1.165) is 11.3 Å². The van der Waals surface area contributed by atoms with Crippen LogP contribution in [0, 0.1) is 5.92 Å². The molecule has 0 aliphatic carbocycles. The first-order valence-corrected chi connectivity index (χ1v) is 13.1. The van der Waals surface area contributed by atoms with Crippen molar-refractivity contribution >= 4 is 23.2 Å². The Kier molecular flexibility index (Phi) is 6.97. The van der Waals surface area contributed by atoms with Crippen molar-refractivity contribution in [2.75, 3.05) is 24.1 Å². The molecule has 40 heavy (non-hydrogen) atoms. The smallest absolute Gasteiger partial charge is 0.231 e. The van der Waals surface area contributed by atoms with Gasteiger partial charge in [0, 0.05) is 23.9 Å². The lowest BCUT2D eigenvalue weighted by Gasteiger charge is -2.41. The Balaban J connectivity index is 1.28. The quantitative estimate of drug-likeness (QED) is 0.297. The van der Waals surface area contributed by atoms with Gasteiger partial charge in [-0.15, -0.1) is 0 Å². The molecular formula is C32H28N2O6. The normalized spacial score (nSPS) is 17.8. The molecule has 4 aromatic rings. The lowest BCUT2D eigenvalue weighted by Crippen LogP contribution is -2.46. The summed E-state index contributed by atoms with van der Waals surface area (Å²) in [4.78, 5) is 28.9. The van der Waals surface area contributed by atoms with E-state index in [1.807, 2.05) is 84.9 Å². The molecule has 6 rings (SSSR count). The van der Waals surface area contributed by atoms with Crippen LogP contribution >= 0.6 is 0 Å². The van der Waals surface area contributed by atoms with Crippen LogP contribution in [0.1, 0.15) is 24.4 Å². The van der Waals surface area contributed by atoms with Crippen molar-refractivity contribution < 1.29 is 28.5 Å². The number of hydrogen-bond acceptors (Lipinski definition) is 6. The number of benzene rings is 4. The number of hydrogen-bond donors (Lipinski definition) is 1. The van der Waals surface area contributed by atoms with Gasteiger partial charge < -0.3 is 29.2 Å². The Morgan fingerprint density at radius 2 is 1.55 bits per heavy atom. The van der Waals surface area contributed by atoms with Crippen molar-refractivity contribution in [1.29, 1.82) is 0 Å². The van der Waals surface area contributed by atoms with Crippen LogP contribution < -0.4 is 29.2 Å². The first-order valence-electron chi connectivity index (χ1n) is 13.1. The van der Waals surface area contributed by atoms with Gasteiger partial charge >= 0.3 is 0 Å². The lowest BCUT2D eigenvalue weighted by molar-refractivity contribution is -0.125. The van der Waals surface area contributed by atoms with Crippen molar-refractivity contribution in [3.05, 3.63) is 103 Å². The van der Waals surface area contributed by atoms with Crippen LogP contribution in [0.4, 0.5) is 11.4 Å². The number of amides is 2. The largest absolute Gasteiger partial charge is 0.497 e. The summed E-state index contributed by atoms with van der Waals surface area (Å²) in [5, 5.41) is 3.05. The van der Waals surface area contributed by atoms with E-state index < -0.39 is 12.0 Å². The summed E-state index contributed by atoms with van der Waals surface area (Å²) >= 11 is 0. The molecule has 1 saturated heterocycles. The fourth-order valence-electron chi connectivity index (χ4n) is 5.15. The molecule has 2 aliphatic rings. The minimum atomic E-state index is -0.534. The zero-order chi connectivity index (χ0) is 27.5. The fourth-order valence-corrected chi connectivity index (χ4v) is 5.15. The predicted molar refractivity (Wildman–Crippen MR) is 150 cm³/mol. The van der Waals surface area contributed by atoms with Crippen LogP contribution in [0.3, 0.4) is 0 Å². The molecule has 0 bridgehead atoms. The van der Waals surface area contributed by atoms with E-state index in [9.17, 15) is 9.59 Å². The number of carbonyl (C=O) groups excluding carboxylic acids is 2. The van der Waals surface area contributed by atoms with Crippen LogP contribution in [-0.2, 0) is 9.59 Å². The predicted octanol–water partition coefficient (Wildman–Crippen LogP) is 6.34. The molecule has 1 N–H and O–H groups in total. The topological polar surface area (TPSA) is 86.3 Å². The van der Waals surface area contributed by atoms with Crippen molar-refractivity contribution in [3.8, 4) is 28.7 Å². The molecule has 4 aromatic carbocycles. The number of para-hydroxylation sites is 1. The Labute approximate surface area is 232 Å². The highest BCUT2D eigenvalue weighted by Gasteiger charge is 2.42. The Hall–Kier alpha value is -4.98. The highest BCUT2D eigenvalue weighted by Crippen LogP contribution is 2.44. The average molecular weight is 537 g/mol. The summed E-state index contributed by atoms with van der Waals surface area (Å²) in [6.45, 7) is 0.134. The maximum absolute atomic E-state index is 13.8. The summed E-state index contributed by atoms with van der Waals surface area (Å²) < 4.78 is 22.2. The molecule has 2 heterocycles. The van der Waals surface area contributed by atoms with Crippen molar-refractivity contribution in [2.45, 2.75) is 18.9 Å². The van der Waals surface area contributed by atoms with Gasteiger partial charge in [-0.05, 0) is 72.6 Å². The summed E-state index contributed by atoms with van der Waals surface area (Å²) in [5.41, 5.74) is 2.12. The van der Waals surface area contributed by atoms with E-state index in [-0.39, 0.29) is 25.0 Å². The SMILES string of the molecule is COc1ccc([C@@H]2[C@@H](C(=O)Nc3ccc(Oc4ccccc4)cc3)CCC(=O)N2c2ccc3c(c2)OCO3)cc1. The van der Waals surface area contributed by atoms with Crippen LogP contribution in [0.15, 0.2) is 97.1 Å². The number of rotatable bonds is 7.